The number of nitrogens with zero attached hydrogens (tertiary/aromatic N) is 1. The van der Waals surface area contributed by atoms with Crippen LogP contribution < -0.4 is 5.32 Å². The molecule has 0 spiro atoms. The van der Waals surface area contributed by atoms with Gasteiger partial charge in [-0.15, -0.1) is 11.8 Å². The van der Waals surface area contributed by atoms with E-state index in [2.05, 4.69) is 5.32 Å². The van der Waals surface area contributed by atoms with E-state index in [1.165, 1.54) is 16.1 Å². The second-order valence-corrected chi connectivity index (χ2v) is 9.44. The summed E-state index contributed by atoms with van der Waals surface area (Å²) in [6, 6.07) is 16.5. The zero-order valence-corrected chi connectivity index (χ0v) is 16.2. The molecule has 0 bridgehead atoms. The largest absolute Gasteiger partial charge is 0.353 e. The molecule has 0 aliphatic heterocycles. The molecular formula is C19H22N2O3S2. The minimum atomic E-state index is -3.55. The Bertz CT molecular complexity index is 848. The highest BCUT2D eigenvalue weighted by molar-refractivity contribution is 8.00. The van der Waals surface area contributed by atoms with E-state index >= 15 is 0 Å². The van der Waals surface area contributed by atoms with E-state index in [-0.39, 0.29) is 10.8 Å². The molecule has 26 heavy (non-hydrogen) atoms. The van der Waals surface area contributed by atoms with Gasteiger partial charge in [0.2, 0.25) is 15.9 Å². The molecular weight excluding hydrogens is 368 g/mol. The van der Waals surface area contributed by atoms with Gasteiger partial charge >= 0.3 is 0 Å². The molecule has 0 heterocycles. The summed E-state index contributed by atoms with van der Waals surface area (Å²) >= 11 is 1.41. The van der Waals surface area contributed by atoms with E-state index in [1.807, 2.05) is 30.3 Å². The molecule has 5 nitrogen and oxygen atoms in total. The van der Waals surface area contributed by atoms with Crippen molar-refractivity contribution in [2.75, 3.05) is 12.8 Å². The zero-order valence-electron chi connectivity index (χ0n) is 14.6. The number of hydrogen-bond acceptors (Lipinski definition) is 4. The third-order valence-corrected chi connectivity index (χ3v) is 6.92. The third kappa shape index (κ3) is 5.09. The van der Waals surface area contributed by atoms with Gasteiger partial charge in [-0.25, -0.2) is 8.42 Å². The molecule has 0 saturated heterocycles. The van der Waals surface area contributed by atoms with Crippen molar-refractivity contribution >= 4 is 27.7 Å². The van der Waals surface area contributed by atoms with E-state index in [0.29, 0.717) is 18.3 Å². The lowest BCUT2D eigenvalue weighted by Gasteiger charge is -2.17. The first kappa shape index (κ1) is 18.9. The average molecular weight is 391 g/mol. The predicted molar refractivity (Wildman–Crippen MR) is 103 cm³/mol. The molecule has 0 unspecified atom stereocenters. The molecule has 1 aliphatic rings. The molecule has 0 radical (unpaired) electrons. The van der Waals surface area contributed by atoms with Crippen LogP contribution in [0.15, 0.2) is 64.4 Å². The van der Waals surface area contributed by atoms with E-state index in [4.69, 9.17) is 0 Å². The van der Waals surface area contributed by atoms with Gasteiger partial charge in [-0.1, -0.05) is 30.3 Å². The monoisotopic (exact) mass is 390 g/mol. The van der Waals surface area contributed by atoms with Gasteiger partial charge in [0.25, 0.3) is 0 Å². The Hall–Kier alpha value is -1.83. The summed E-state index contributed by atoms with van der Waals surface area (Å²) in [6.07, 6.45) is 2.14. The van der Waals surface area contributed by atoms with Crippen LogP contribution in [-0.4, -0.2) is 37.5 Å². The van der Waals surface area contributed by atoms with Crippen LogP contribution in [0.25, 0.3) is 0 Å². The van der Waals surface area contributed by atoms with Gasteiger partial charge in [0.15, 0.2) is 0 Å². The Kier molecular flexibility index (Phi) is 6.01. The number of hydrogen-bond donors (Lipinski definition) is 1. The molecule has 1 N–H and O–H groups in total. The molecule has 7 heteroatoms. The molecule has 1 fully saturated rings. The maximum Gasteiger partial charge on any atom is 0.243 e. The fourth-order valence-electron chi connectivity index (χ4n) is 2.46. The van der Waals surface area contributed by atoms with E-state index in [1.54, 1.807) is 31.3 Å². The van der Waals surface area contributed by atoms with Crippen LogP contribution in [0.5, 0.6) is 0 Å². The number of carbonyl (C=O) groups is 1. The summed E-state index contributed by atoms with van der Waals surface area (Å²) in [6.45, 7) is 0.320. The number of amides is 1. The van der Waals surface area contributed by atoms with Crippen LogP contribution in [0.2, 0.25) is 0 Å². The Balaban J connectivity index is 1.59. The normalized spacial score (nSPS) is 14.4. The van der Waals surface area contributed by atoms with Gasteiger partial charge in [0, 0.05) is 24.5 Å². The summed E-state index contributed by atoms with van der Waals surface area (Å²) in [7, 11) is -1.97. The van der Waals surface area contributed by atoms with Crippen molar-refractivity contribution in [3.63, 3.8) is 0 Å². The number of rotatable bonds is 8. The second kappa shape index (κ2) is 8.24. The number of benzene rings is 2. The average Bonchev–Trinajstić information content (AvgIpc) is 3.45. The Morgan fingerprint density at radius 1 is 1.12 bits per heavy atom. The first-order chi connectivity index (χ1) is 12.4. The van der Waals surface area contributed by atoms with Crippen molar-refractivity contribution in [3.05, 3.63) is 60.2 Å². The quantitative estimate of drug-likeness (QED) is 0.704. The maximum absolute atomic E-state index is 12.7. The summed E-state index contributed by atoms with van der Waals surface area (Å²) in [5, 5.41) is 2.94. The molecule has 1 aliphatic carbocycles. The number of nitrogens with one attached hydrogen (secondary N) is 1. The van der Waals surface area contributed by atoms with Crippen molar-refractivity contribution in [3.8, 4) is 0 Å². The first-order valence-electron chi connectivity index (χ1n) is 8.47. The van der Waals surface area contributed by atoms with Gasteiger partial charge in [0.05, 0.1) is 10.6 Å². The summed E-state index contributed by atoms with van der Waals surface area (Å²) in [4.78, 5) is 12.8. The Morgan fingerprint density at radius 3 is 2.38 bits per heavy atom. The van der Waals surface area contributed by atoms with Gasteiger partial charge in [0.1, 0.15) is 0 Å². The van der Waals surface area contributed by atoms with Crippen LogP contribution >= 0.6 is 11.8 Å². The van der Waals surface area contributed by atoms with Crippen LogP contribution in [-0.2, 0) is 21.4 Å². The van der Waals surface area contributed by atoms with E-state index < -0.39 is 10.0 Å². The van der Waals surface area contributed by atoms with Crippen molar-refractivity contribution in [1.29, 1.82) is 0 Å². The minimum Gasteiger partial charge on any atom is -0.353 e. The van der Waals surface area contributed by atoms with Gasteiger partial charge in [-0.05, 0) is 42.7 Å². The van der Waals surface area contributed by atoms with E-state index in [9.17, 15) is 13.2 Å². The molecule has 1 saturated carbocycles. The lowest BCUT2D eigenvalue weighted by molar-refractivity contribution is -0.118. The lowest BCUT2D eigenvalue weighted by atomic mass is 10.2. The first-order valence-corrected chi connectivity index (χ1v) is 10.9. The van der Waals surface area contributed by atoms with Gasteiger partial charge in [-0.2, -0.15) is 4.31 Å². The number of thioether (sulfide) groups is 1. The third-order valence-electron chi connectivity index (χ3n) is 4.09. The Labute approximate surface area is 158 Å². The van der Waals surface area contributed by atoms with Crippen LogP contribution in [0.1, 0.15) is 18.4 Å². The Morgan fingerprint density at radius 2 is 1.77 bits per heavy atom. The lowest BCUT2D eigenvalue weighted by Crippen LogP contribution is -2.27. The van der Waals surface area contributed by atoms with Crippen LogP contribution in [0.3, 0.4) is 0 Å². The van der Waals surface area contributed by atoms with E-state index in [0.717, 1.165) is 23.3 Å². The number of carbonyl (C=O) groups excluding carboxylic acids is 1. The molecule has 0 aromatic heterocycles. The maximum atomic E-state index is 12.7. The predicted octanol–water partition coefficient (Wildman–Crippen LogP) is 2.88. The molecule has 1 amide bonds. The summed E-state index contributed by atoms with van der Waals surface area (Å²) < 4.78 is 26.7. The van der Waals surface area contributed by atoms with Crippen molar-refractivity contribution in [2.45, 2.75) is 35.2 Å². The van der Waals surface area contributed by atoms with Crippen molar-refractivity contribution < 1.29 is 13.2 Å². The van der Waals surface area contributed by atoms with Gasteiger partial charge in [-0.3, -0.25) is 4.79 Å². The summed E-state index contributed by atoms with van der Waals surface area (Å²) in [5.41, 5.74) is 0.937. The summed E-state index contributed by atoms with van der Waals surface area (Å²) in [5.74, 6) is 0.369. The highest BCUT2D eigenvalue weighted by Crippen LogP contribution is 2.23. The fraction of sp³-hybridized carbons (Fsp3) is 0.316. The fourth-order valence-corrected chi connectivity index (χ4v) is 4.33. The smallest absolute Gasteiger partial charge is 0.243 e. The van der Waals surface area contributed by atoms with Gasteiger partial charge < -0.3 is 5.32 Å². The topological polar surface area (TPSA) is 66.5 Å². The number of sulfonamides is 1. The molecule has 138 valence electrons. The SMILES string of the molecule is CN(Cc1ccccc1)S(=O)(=O)c1ccc(SCC(=O)NC2CC2)cc1. The highest BCUT2D eigenvalue weighted by atomic mass is 32.2. The second-order valence-electron chi connectivity index (χ2n) is 6.35. The molecule has 2 aromatic rings. The van der Waals surface area contributed by atoms with Crippen LogP contribution in [0.4, 0.5) is 0 Å². The minimum absolute atomic E-state index is 0.0248. The molecule has 3 rings (SSSR count). The molecule has 0 atom stereocenters. The highest BCUT2D eigenvalue weighted by Gasteiger charge is 2.23. The van der Waals surface area contributed by atoms with Crippen molar-refractivity contribution in [1.82, 2.24) is 9.62 Å². The van der Waals surface area contributed by atoms with Crippen LogP contribution in [0, 0.1) is 0 Å². The van der Waals surface area contributed by atoms with Crippen molar-refractivity contribution in [2.24, 2.45) is 0 Å². The molecule has 2 aromatic carbocycles. The zero-order chi connectivity index (χ0) is 18.6. The standard InChI is InChI=1S/C19H22N2O3S2/c1-21(13-15-5-3-2-4-6-15)26(23,24)18-11-9-17(10-12-18)25-14-19(22)20-16-7-8-16/h2-6,9-12,16H,7-8,13-14H2,1H3,(H,20,22).